The molecule has 1 unspecified atom stereocenters. The zero-order valence-electron chi connectivity index (χ0n) is 13.9. The summed E-state index contributed by atoms with van der Waals surface area (Å²) in [6.45, 7) is 9.16. The van der Waals surface area contributed by atoms with Crippen LogP contribution < -0.4 is 10.2 Å². The third kappa shape index (κ3) is 3.26. The van der Waals surface area contributed by atoms with Gasteiger partial charge in [0.05, 0.1) is 5.69 Å². The first kappa shape index (κ1) is 15.3. The zero-order valence-corrected chi connectivity index (χ0v) is 14.7. The Bertz CT molecular complexity index is 490. The van der Waals surface area contributed by atoms with Gasteiger partial charge in [-0.1, -0.05) is 38.5 Å². The van der Waals surface area contributed by atoms with E-state index in [1.807, 2.05) is 11.3 Å². The summed E-state index contributed by atoms with van der Waals surface area (Å²) in [5.74, 6) is 0.900. The Morgan fingerprint density at radius 1 is 1.38 bits per heavy atom. The van der Waals surface area contributed by atoms with Gasteiger partial charge in [0.15, 0.2) is 5.13 Å². The number of fused-ring (bicyclic) bond motifs is 1. The van der Waals surface area contributed by atoms with E-state index in [1.54, 1.807) is 0 Å². The fourth-order valence-corrected chi connectivity index (χ4v) is 4.76. The van der Waals surface area contributed by atoms with Gasteiger partial charge >= 0.3 is 0 Å². The molecule has 2 aliphatic carbocycles. The molecule has 0 saturated heterocycles. The minimum absolute atomic E-state index is 0.359. The summed E-state index contributed by atoms with van der Waals surface area (Å²) >= 11 is 1.92. The van der Waals surface area contributed by atoms with Crippen LogP contribution in [0.3, 0.4) is 0 Å². The summed E-state index contributed by atoms with van der Waals surface area (Å²) in [7, 11) is 2.22. The number of nitrogens with zero attached hydrogens (tertiary/aromatic N) is 2. The summed E-state index contributed by atoms with van der Waals surface area (Å²) in [6.07, 6.45) is 6.58. The molecule has 1 heterocycles. The van der Waals surface area contributed by atoms with Crippen molar-refractivity contribution < 1.29 is 0 Å². The Morgan fingerprint density at radius 2 is 2.14 bits per heavy atom. The van der Waals surface area contributed by atoms with Gasteiger partial charge in [-0.25, -0.2) is 4.98 Å². The molecule has 0 aliphatic heterocycles. The van der Waals surface area contributed by atoms with Gasteiger partial charge in [-0.05, 0) is 43.6 Å². The number of nitrogens with one attached hydrogen (secondary N) is 1. The molecule has 21 heavy (non-hydrogen) atoms. The smallest absolute Gasteiger partial charge is 0.185 e. The van der Waals surface area contributed by atoms with Crippen LogP contribution >= 0.6 is 11.3 Å². The SMILES string of the molecule is CCNC1CC(C)(C)Cc2nc(N(C)CC3CCC3)sc21. The second-order valence-corrected chi connectivity index (χ2v) is 8.65. The maximum Gasteiger partial charge on any atom is 0.185 e. The van der Waals surface area contributed by atoms with Crippen molar-refractivity contribution >= 4 is 16.5 Å². The van der Waals surface area contributed by atoms with Gasteiger partial charge in [-0.3, -0.25) is 0 Å². The van der Waals surface area contributed by atoms with Gasteiger partial charge in [0, 0.05) is 24.5 Å². The lowest BCUT2D eigenvalue weighted by atomic mass is 9.76. The van der Waals surface area contributed by atoms with Crippen LogP contribution in [0.1, 0.15) is 63.1 Å². The normalized spacial score (nSPS) is 24.5. The highest BCUT2D eigenvalue weighted by molar-refractivity contribution is 7.15. The van der Waals surface area contributed by atoms with Gasteiger partial charge < -0.3 is 10.2 Å². The lowest BCUT2D eigenvalue weighted by Gasteiger charge is -2.34. The molecule has 1 N–H and O–H groups in total. The van der Waals surface area contributed by atoms with E-state index in [0.717, 1.165) is 18.9 Å². The van der Waals surface area contributed by atoms with Crippen molar-refractivity contribution in [2.45, 2.75) is 58.9 Å². The maximum atomic E-state index is 4.99. The molecular formula is C17H29N3S. The van der Waals surface area contributed by atoms with E-state index in [1.165, 1.54) is 47.9 Å². The largest absolute Gasteiger partial charge is 0.351 e. The van der Waals surface area contributed by atoms with Gasteiger partial charge in [0.1, 0.15) is 0 Å². The third-order valence-corrected chi connectivity index (χ3v) is 6.29. The average molecular weight is 308 g/mol. The molecule has 3 rings (SSSR count). The molecule has 0 spiro atoms. The predicted molar refractivity (Wildman–Crippen MR) is 91.2 cm³/mol. The van der Waals surface area contributed by atoms with Crippen molar-refractivity contribution in [3.8, 4) is 0 Å². The van der Waals surface area contributed by atoms with Crippen molar-refractivity contribution in [3.05, 3.63) is 10.6 Å². The standard InChI is InChI=1S/C17H29N3S/c1-5-18-13-9-17(2,3)10-14-15(13)21-16(19-14)20(4)11-12-7-6-8-12/h12-13,18H,5-11H2,1-4H3. The summed E-state index contributed by atoms with van der Waals surface area (Å²) in [6, 6.07) is 0.497. The fourth-order valence-electron chi connectivity index (χ4n) is 3.64. The minimum Gasteiger partial charge on any atom is -0.351 e. The van der Waals surface area contributed by atoms with Crippen molar-refractivity contribution in [3.63, 3.8) is 0 Å². The molecule has 1 atom stereocenters. The van der Waals surface area contributed by atoms with Crippen LogP contribution in [-0.2, 0) is 6.42 Å². The number of anilines is 1. The minimum atomic E-state index is 0.359. The van der Waals surface area contributed by atoms with E-state index < -0.39 is 0 Å². The van der Waals surface area contributed by atoms with E-state index in [0.29, 0.717) is 11.5 Å². The van der Waals surface area contributed by atoms with Crippen molar-refractivity contribution in [1.82, 2.24) is 10.3 Å². The van der Waals surface area contributed by atoms with Crippen LogP contribution in [-0.4, -0.2) is 25.1 Å². The average Bonchev–Trinajstić information content (AvgIpc) is 2.76. The fraction of sp³-hybridized carbons (Fsp3) is 0.824. The van der Waals surface area contributed by atoms with Gasteiger partial charge in [0.2, 0.25) is 0 Å². The van der Waals surface area contributed by atoms with Gasteiger partial charge in [-0.15, -0.1) is 0 Å². The Labute approximate surface area is 133 Å². The van der Waals surface area contributed by atoms with E-state index in [9.17, 15) is 0 Å². The second-order valence-electron chi connectivity index (χ2n) is 7.64. The molecule has 3 nitrogen and oxygen atoms in total. The number of thiazole rings is 1. The summed E-state index contributed by atoms with van der Waals surface area (Å²) in [5, 5.41) is 4.89. The lowest BCUT2D eigenvalue weighted by molar-refractivity contribution is 0.260. The molecule has 4 heteroatoms. The molecule has 1 saturated carbocycles. The third-order valence-electron chi connectivity index (χ3n) is 4.97. The molecule has 1 aromatic heterocycles. The molecule has 0 radical (unpaired) electrons. The molecule has 1 aromatic rings. The topological polar surface area (TPSA) is 28.2 Å². The maximum absolute atomic E-state index is 4.99. The first-order valence-corrected chi connectivity index (χ1v) is 9.24. The molecule has 0 aromatic carbocycles. The number of hydrogen-bond donors (Lipinski definition) is 1. The van der Waals surface area contributed by atoms with Crippen molar-refractivity contribution in [1.29, 1.82) is 0 Å². The Balaban J connectivity index is 1.79. The highest BCUT2D eigenvalue weighted by Gasteiger charge is 2.35. The summed E-state index contributed by atoms with van der Waals surface area (Å²) in [4.78, 5) is 8.88. The second kappa shape index (κ2) is 5.88. The highest BCUT2D eigenvalue weighted by atomic mass is 32.1. The number of hydrogen-bond acceptors (Lipinski definition) is 4. The van der Waals surface area contributed by atoms with Crippen LogP contribution in [0.15, 0.2) is 0 Å². The number of rotatable bonds is 5. The van der Waals surface area contributed by atoms with Crippen LogP contribution in [0, 0.1) is 11.3 Å². The van der Waals surface area contributed by atoms with E-state index >= 15 is 0 Å². The van der Waals surface area contributed by atoms with Crippen LogP contribution in [0.5, 0.6) is 0 Å². The molecule has 1 fully saturated rings. The zero-order chi connectivity index (χ0) is 15.0. The van der Waals surface area contributed by atoms with E-state index in [4.69, 9.17) is 4.98 Å². The Hall–Kier alpha value is -0.610. The number of aromatic nitrogens is 1. The molecule has 0 amide bonds. The molecular weight excluding hydrogens is 278 g/mol. The lowest BCUT2D eigenvalue weighted by Crippen LogP contribution is -2.32. The Kier molecular flexibility index (Phi) is 4.28. The van der Waals surface area contributed by atoms with Crippen LogP contribution in [0.25, 0.3) is 0 Å². The molecule has 2 aliphatic rings. The highest BCUT2D eigenvalue weighted by Crippen LogP contribution is 2.44. The first-order valence-electron chi connectivity index (χ1n) is 8.42. The quantitative estimate of drug-likeness (QED) is 0.891. The van der Waals surface area contributed by atoms with Crippen LogP contribution in [0.4, 0.5) is 5.13 Å². The first-order chi connectivity index (χ1) is 9.98. The van der Waals surface area contributed by atoms with Gasteiger partial charge in [0.25, 0.3) is 0 Å². The van der Waals surface area contributed by atoms with Crippen molar-refractivity contribution in [2.75, 3.05) is 25.0 Å². The molecule has 118 valence electrons. The Morgan fingerprint density at radius 3 is 2.76 bits per heavy atom. The predicted octanol–water partition coefficient (Wildman–Crippen LogP) is 4.00. The van der Waals surface area contributed by atoms with E-state index in [2.05, 4.69) is 38.0 Å². The molecule has 0 bridgehead atoms. The van der Waals surface area contributed by atoms with Crippen LogP contribution in [0.2, 0.25) is 0 Å². The summed E-state index contributed by atoms with van der Waals surface area (Å²) < 4.78 is 0. The monoisotopic (exact) mass is 307 g/mol. The summed E-state index contributed by atoms with van der Waals surface area (Å²) in [5.41, 5.74) is 1.70. The van der Waals surface area contributed by atoms with E-state index in [-0.39, 0.29) is 0 Å². The van der Waals surface area contributed by atoms with Gasteiger partial charge in [-0.2, -0.15) is 0 Å². The van der Waals surface area contributed by atoms with Crippen molar-refractivity contribution in [2.24, 2.45) is 11.3 Å².